The molecule has 1 amide bonds. The summed E-state index contributed by atoms with van der Waals surface area (Å²) in [5, 5.41) is 11.5. The SMILES string of the molecule is CCCCCSC1=NN2C(=c3ccccc3=NC2c2cc(OC)c3c(c2)OCO3)C(=O)N1. The Morgan fingerprint density at radius 2 is 2.12 bits per heavy atom. The molecule has 2 aromatic rings. The maximum atomic E-state index is 13.2. The van der Waals surface area contributed by atoms with Crippen molar-refractivity contribution in [2.45, 2.75) is 32.4 Å². The molecule has 0 fully saturated rings. The first-order valence-electron chi connectivity index (χ1n) is 10.7. The predicted octanol–water partition coefficient (Wildman–Crippen LogP) is 2.49. The molecule has 0 saturated carbocycles. The largest absolute Gasteiger partial charge is 0.493 e. The summed E-state index contributed by atoms with van der Waals surface area (Å²) in [4.78, 5) is 18.1. The second kappa shape index (κ2) is 8.74. The van der Waals surface area contributed by atoms with Crippen LogP contribution in [0.3, 0.4) is 0 Å². The summed E-state index contributed by atoms with van der Waals surface area (Å²) < 4.78 is 16.7. The number of nitrogens with zero attached hydrogens (tertiary/aromatic N) is 3. The molecule has 1 N–H and O–H groups in total. The van der Waals surface area contributed by atoms with Crippen LogP contribution in [0, 0.1) is 0 Å². The molecule has 8 nitrogen and oxygen atoms in total. The molecule has 9 heteroatoms. The minimum atomic E-state index is -0.541. The van der Waals surface area contributed by atoms with Crippen LogP contribution in [0.5, 0.6) is 17.2 Å². The molecule has 3 aliphatic rings. The van der Waals surface area contributed by atoms with Crippen molar-refractivity contribution in [1.82, 2.24) is 10.3 Å². The molecule has 0 radical (unpaired) electrons. The molecule has 0 aliphatic carbocycles. The van der Waals surface area contributed by atoms with Gasteiger partial charge in [-0.1, -0.05) is 49.7 Å². The molecule has 3 heterocycles. The number of hydrogen-bond acceptors (Lipinski definition) is 8. The molecule has 1 unspecified atom stereocenters. The highest BCUT2D eigenvalue weighted by molar-refractivity contribution is 8.13. The van der Waals surface area contributed by atoms with E-state index in [1.165, 1.54) is 0 Å². The van der Waals surface area contributed by atoms with Crippen molar-refractivity contribution in [3.05, 3.63) is 52.5 Å². The second-order valence-corrected chi connectivity index (χ2v) is 8.67. The van der Waals surface area contributed by atoms with E-state index in [1.54, 1.807) is 23.9 Å². The number of rotatable bonds is 6. The van der Waals surface area contributed by atoms with E-state index in [0.717, 1.165) is 41.2 Å². The van der Waals surface area contributed by atoms with E-state index in [2.05, 4.69) is 12.2 Å². The average molecular weight is 453 g/mol. The van der Waals surface area contributed by atoms with Crippen molar-refractivity contribution in [3.8, 4) is 17.2 Å². The van der Waals surface area contributed by atoms with Crippen molar-refractivity contribution in [3.63, 3.8) is 0 Å². The van der Waals surface area contributed by atoms with Gasteiger partial charge in [0.25, 0.3) is 5.91 Å². The first kappa shape index (κ1) is 20.7. The lowest BCUT2D eigenvalue weighted by Crippen LogP contribution is -2.50. The first-order chi connectivity index (χ1) is 15.7. The Morgan fingerprint density at radius 1 is 1.25 bits per heavy atom. The van der Waals surface area contributed by atoms with E-state index in [4.69, 9.17) is 24.3 Å². The third-order valence-corrected chi connectivity index (χ3v) is 6.43. The number of methoxy groups -OCH3 is 1. The number of para-hydroxylation sites is 1. The first-order valence-corrected chi connectivity index (χ1v) is 11.6. The van der Waals surface area contributed by atoms with Crippen molar-refractivity contribution in [2.24, 2.45) is 10.1 Å². The summed E-state index contributed by atoms with van der Waals surface area (Å²) >= 11 is 1.56. The molecule has 5 rings (SSSR count). The fourth-order valence-corrected chi connectivity index (χ4v) is 4.78. The van der Waals surface area contributed by atoms with E-state index < -0.39 is 6.17 Å². The van der Waals surface area contributed by atoms with Gasteiger partial charge in [0.1, 0.15) is 5.70 Å². The van der Waals surface area contributed by atoms with E-state index in [-0.39, 0.29) is 12.7 Å². The van der Waals surface area contributed by atoms with Gasteiger partial charge in [0.05, 0.1) is 12.5 Å². The Labute approximate surface area is 189 Å². The Hall–Kier alpha value is -3.20. The average Bonchev–Trinajstić information content (AvgIpc) is 3.29. The topological polar surface area (TPSA) is 84.8 Å². The van der Waals surface area contributed by atoms with Gasteiger partial charge in [-0.15, -0.1) is 5.10 Å². The molecule has 0 saturated heterocycles. The van der Waals surface area contributed by atoms with Crippen molar-refractivity contribution < 1.29 is 19.0 Å². The highest BCUT2D eigenvalue weighted by Gasteiger charge is 2.35. The van der Waals surface area contributed by atoms with E-state index in [9.17, 15) is 4.79 Å². The number of hydrazone groups is 1. The van der Waals surface area contributed by atoms with Gasteiger partial charge in [-0.3, -0.25) is 15.1 Å². The Morgan fingerprint density at radius 3 is 2.97 bits per heavy atom. The monoisotopic (exact) mass is 452 g/mol. The van der Waals surface area contributed by atoms with Crippen molar-refractivity contribution in [2.75, 3.05) is 19.7 Å². The minimum absolute atomic E-state index is 0.139. The van der Waals surface area contributed by atoms with Crippen LogP contribution in [0.2, 0.25) is 0 Å². The number of benzene rings is 2. The molecule has 1 atom stereocenters. The molecular formula is C23H24N4O4S. The number of amidine groups is 1. The van der Waals surface area contributed by atoms with Crippen LogP contribution in [0.15, 0.2) is 46.5 Å². The van der Waals surface area contributed by atoms with Gasteiger partial charge in [-0.25, -0.2) is 5.01 Å². The second-order valence-electron chi connectivity index (χ2n) is 7.58. The number of nitrogens with one attached hydrogen (secondary N) is 1. The number of hydrogen-bond donors (Lipinski definition) is 1. The zero-order valence-electron chi connectivity index (χ0n) is 18.0. The molecule has 166 valence electrons. The number of thioether (sulfide) groups is 1. The summed E-state index contributed by atoms with van der Waals surface area (Å²) in [7, 11) is 1.59. The van der Waals surface area contributed by atoms with Crippen LogP contribution in [-0.4, -0.2) is 35.7 Å². The molecule has 2 aromatic carbocycles. The van der Waals surface area contributed by atoms with Crippen LogP contribution < -0.4 is 30.1 Å². The molecule has 0 aromatic heterocycles. The zero-order chi connectivity index (χ0) is 22.1. The summed E-state index contributed by atoms with van der Waals surface area (Å²) in [5.74, 6) is 2.44. The standard InChI is InChI=1S/C23H24N4O4S/c1-3-4-7-10-32-23-25-22(28)19-15-8-5-6-9-16(15)24-21(27(19)26-23)14-11-17(29-2)20-18(12-14)30-13-31-20/h5-6,8-9,11-12,21H,3-4,7,10,13H2,1-2H3,(H,25,26,28). The van der Waals surface area contributed by atoms with Gasteiger partial charge in [0.2, 0.25) is 12.5 Å². The van der Waals surface area contributed by atoms with Crippen LogP contribution in [-0.2, 0) is 4.79 Å². The molecule has 0 bridgehead atoms. The maximum absolute atomic E-state index is 13.2. The quantitative estimate of drug-likeness (QED) is 0.678. The third-order valence-electron chi connectivity index (χ3n) is 5.48. The van der Waals surface area contributed by atoms with Crippen LogP contribution in [0.1, 0.15) is 37.9 Å². The van der Waals surface area contributed by atoms with Gasteiger partial charge < -0.3 is 14.2 Å². The number of unbranched alkanes of at least 4 members (excludes halogenated alkanes) is 2. The van der Waals surface area contributed by atoms with E-state index >= 15 is 0 Å². The van der Waals surface area contributed by atoms with Gasteiger partial charge in [0.15, 0.2) is 22.8 Å². The van der Waals surface area contributed by atoms with Gasteiger partial charge in [0, 0.05) is 16.5 Å². The maximum Gasteiger partial charge on any atom is 0.276 e. The van der Waals surface area contributed by atoms with Crippen LogP contribution >= 0.6 is 11.8 Å². The zero-order valence-corrected chi connectivity index (χ0v) is 18.8. The Balaban J connectivity index is 1.60. The lowest BCUT2D eigenvalue weighted by atomic mass is 10.1. The normalized spacial score (nSPS) is 18.4. The molecule has 32 heavy (non-hydrogen) atoms. The molecular weight excluding hydrogens is 428 g/mol. The summed E-state index contributed by atoms with van der Waals surface area (Å²) in [5.41, 5.74) is 1.28. The lowest BCUT2D eigenvalue weighted by molar-refractivity contribution is -0.116. The van der Waals surface area contributed by atoms with E-state index in [0.29, 0.717) is 28.1 Å². The Bertz CT molecular complexity index is 1210. The van der Waals surface area contributed by atoms with Crippen LogP contribution in [0.25, 0.3) is 5.70 Å². The lowest BCUT2D eigenvalue weighted by Gasteiger charge is -2.34. The number of amides is 1. The number of carbonyl (C=O) groups is 1. The fraction of sp³-hybridized carbons (Fsp3) is 0.348. The predicted molar refractivity (Wildman–Crippen MR) is 122 cm³/mol. The number of fused-ring (bicyclic) bond motifs is 3. The minimum Gasteiger partial charge on any atom is -0.493 e. The highest BCUT2D eigenvalue weighted by atomic mass is 32.2. The summed E-state index contributed by atoms with van der Waals surface area (Å²) in [6, 6.07) is 11.4. The summed E-state index contributed by atoms with van der Waals surface area (Å²) in [6.45, 7) is 2.31. The molecule has 0 spiro atoms. The smallest absolute Gasteiger partial charge is 0.276 e. The van der Waals surface area contributed by atoms with Gasteiger partial charge >= 0.3 is 0 Å². The highest BCUT2D eigenvalue weighted by Crippen LogP contribution is 2.44. The van der Waals surface area contributed by atoms with Gasteiger partial charge in [-0.05, 0) is 24.6 Å². The third kappa shape index (κ3) is 3.66. The van der Waals surface area contributed by atoms with Crippen LogP contribution in [0.4, 0.5) is 0 Å². The molecule has 3 aliphatic heterocycles. The van der Waals surface area contributed by atoms with Crippen molar-refractivity contribution in [1.29, 1.82) is 0 Å². The number of ether oxygens (including phenoxy) is 3. The van der Waals surface area contributed by atoms with Crippen molar-refractivity contribution >= 4 is 28.5 Å². The Kier molecular flexibility index (Phi) is 5.65. The van der Waals surface area contributed by atoms with Gasteiger partial charge in [-0.2, -0.15) is 0 Å². The fourth-order valence-electron chi connectivity index (χ4n) is 3.93. The summed E-state index contributed by atoms with van der Waals surface area (Å²) in [6.07, 6.45) is 2.83. The number of carbonyl (C=O) groups excluding carboxylic acids is 1. The van der Waals surface area contributed by atoms with E-state index in [1.807, 2.05) is 36.4 Å².